The van der Waals surface area contributed by atoms with E-state index in [1.807, 2.05) is 29.6 Å². The molecule has 6 nitrogen and oxygen atoms in total. The standard InChI is InChI=1S/C19H17NO5S/c1-23-14-8-6-12(7-9-14)18-20-13(11-26-18)10-25-19(22)15-4-3-5-16(24-2)17(15)21/h3-9,11,21H,10H2,1-2H3. The predicted molar refractivity (Wildman–Crippen MR) is 97.9 cm³/mol. The molecule has 7 heteroatoms. The van der Waals surface area contributed by atoms with Gasteiger partial charge in [-0.05, 0) is 36.4 Å². The molecule has 0 aliphatic carbocycles. The van der Waals surface area contributed by atoms with Crippen LogP contribution >= 0.6 is 11.3 Å². The van der Waals surface area contributed by atoms with Crippen molar-refractivity contribution < 1.29 is 24.1 Å². The van der Waals surface area contributed by atoms with E-state index in [1.54, 1.807) is 19.2 Å². The Hall–Kier alpha value is -3.06. The summed E-state index contributed by atoms with van der Waals surface area (Å²) in [6.07, 6.45) is 0. The smallest absolute Gasteiger partial charge is 0.342 e. The molecule has 2 aromatic carbocycles. The molecular weight excluding hydrogens is 354 g/mol. The Labute approximate surface area is 154 Å². The Morgan fingerprint density at radius 2 is 1.88 bits per heavy atom. The SMILES string of the molecule is COc1ccc(-c2nc(COC(=O)c3cccc(OC)c3O)cs2)cc1. The number of carbonyl (C=O) groups excluding carboxylic acids is 1. The van der Waals surface area contributed by atoms with Gasteiger partial charge < -0.3 is 19.3 Å². The van der Waals surface area contributed by atoms with Crippen LogP contribution in [0.4, 0.5) is 0 Å². The van der Waals surface area contributed by atoms with Crippen LogP contribution in [0.25, 0.3) is 10.6 Å². The Morgan fingerprint density at radius 1 is 1.12 bits per heavy atom. The fourth-order valence-corrected chi connectivity index (χ4v) is 3.12. The normalized spacial score (nSPS) is 10.4. The van der Waals surface area contributed by atoms with Crippen molar-refractivity contribution in [3.63, 3.8) is 0 Å². The molecule has 0 aliphatic rings. The van der Waals surface area contributed by atoms with Gasteiger partial charge in [-0.1, -0.05) is 6.07 Å². The minimum atomic E-state index is -0.639. The fraction of sp³-hybridized carbons (Fsp3) is 0.158. The quantitative estimate of drug-likeness (QED) is 0.663. The van der Waals surface area contributed by atoms with E-state index in [4.69, 9.17) is 14.2 Å². The van der Waals surface area contributed by atoms with Gasteiger partial charge in [0.25, 0.3) is 0 Å². The lowest BCUT2D eigenvalue weighted by Gasteiger charge is -2.08. The highest BCUT2D eigenvalue weighted by Gasteiger charge is 2.17. The van der Waals surface area contributed by atoms with E-state index in [0.717, 1.165) is 16.3 Å². The van der Waals surface area contributed by atoms with Crippen molar-refractivity contribution in [2.24, 2.45) is 0 Å². The number of para-hydroxylation sites is 1. The Bertz CT molecular complexity index is 905. The lowest BCUT2D eigenvalue weighted by Crippen LogP contribution is -2.06. The highest BCUT2D eigenvalue weighted by Crippen LogP contribution is 2.30. The van der Waals surface area contributed by atoms with Crippen LogP contribution in [0.5, 0.6) is 17.2 Å². The van der Waals surface area contributed by atoms with E-state index in [1.165, 1.54) is 24.5 Å². The molecule has 0 aliphatic heterocycles. The average Bonchev–Trinajstić information content (AvgIpc) is 3.15. The van der Waals surface area contributed by atoms with E-state index in [0.29, 0.717) is 5.69 Å². The van der Waals surface area contributed by atoms with Gasteiger partial charge in [-0.15, -0.1) is 11.3 Å². The van der Waals surface area contributed by atoms with Crippen LogP contribution in [0, 0.1) is 0 Å². The molecule has 0 saturated carbocycles. The summed E-state index contributed by atoms with van der Waals surface area (Å²) in [5.74, 6) is 0.116. The number of ether oxygens (including phenoxy) is 3. The molecule has 0 bridgehead atoms. The van der Waals surface area contributed by atoms with Gasteiger partial charge in [0.15, 0.2) is 11.5 Å². The third-order valence-corrected chi connectivity index (χ3v) is 4.62. The van der Waals surface area contributed by atoms with Crippen LogP contribution in [0.2, 0.25) is 0 Å². The largest absolute Gasteiger partial charge is 0.504 e. The summed E-state index contributed by atoms with van der Waals surface area (Å²) < 4.78 is 15.4. The lowest BCUT2D eigenvalue weighted by molar-refractivity contribution is 0.0464. The van der Waals surface area contributed by atoms with Crippen molar-refractivity contribution in [1.29, 1.82) is 0 Å². The third-order valence-electron chi connectivity index (χ3n) is 3.68. The van der Waals surface area contributed by atoms with Crippen molar-refractivity contribution in [3.8, 4) is 27.8 Å². The minimum absolute atomic E-state index is 0.0160. The van der Waals surface area contributed by atoms with Crippen molar-refractivity contribution in [1.82, 2.24) is 4.98 Å². The van der Waals surface area contributed by atoms with E-state index < -0.39 is 5.97 Å². The van der Waals surface area contributed by atoms with Crippen molar-refractivity contribution >= 4 is 17.3 Å². The first kappa shape index (κ1) is 17.8. The van der Waals surface area contributed by atoms with Crippen LogP contribution < -0.4 is 9.47 Å². The van der Waals surface area contributed by atoms with Crippen LogP contribution in [0.3, 0.4) is 0 Å². The number of thiazole rings is 1. The molecule has 26 heavy (non-hydrogen) atoms. The number of phenols is 1. The van der Waals surface area contributed by atoms with Crippen LogP contribution in [0.15, 0.2) is 47.8 Å². The maximum absolute atomic E-state index is 12.2. The van der Waals surface area contributed by atoms with Crippen molar-refractivity contribution in [2.45, 2.75) is 6.61 Å². The van der Waals surface area contributed by atoms with Gasteiger partial charge >= 0.3 is 5.97 Å². The van der Waals surface area contributed by atoms with Crippen LogP contribution in [-0.4, -0.2) is 30.3 Å². The third kappa shape index (κ3) is 3.78. The summed E-state index contributed by atoms with van der Waals surface area (Å²) in [6, 6.07) is 12.2. The molecule has 3 rings (SSSR count). The second-order valence-corrected chi connectivity index (χ2v) is 6.16. The number of nitrogens with zero attached hydrogens (tertiary/aromatic N) is 1. The fourth-order valence-electron chi connectivity index (χ4n) is 2.31. The Morgan fingerprint density at radius 3 is 2.58 bits per heavy atom. The zero-order valence-electron chi connectivity index (χ0n) is 14.3. The molecule has 0 unspecified atom stereocenters. The van der Waals surface area contributed by atoms with Gasteiger partial charge in [0.1, 0.15) is 22.9 Å². The summed E-state index contributed by atoms with van der Waals surface area (Å²) in [7, 11) is 3.03. The molecule has 0 saturated heterocycles. The van der Waals surface area contributed by atoms with E-state index in [9.17, 15) is 9.90 Å². The number of hydrogen-bond donors (Lipinski definition) is 1. The predicted octanol–water partition coefficient (Wildman–Crippen LogP) is 3.89. The molecule has 1 heterocycles. The number of esters is 1. The van der Waals surface area contributed by atoms with E-state index in [2.05, 4.69) is 4.98 Å². The molecule has 134 valence electrons. The first-order valence-electron chi connectivity index (χ1n) is 7.74. The van der Waals surface area contributed by atoms with Gasteiger partial charge in [-0.3, -0.25) is 0 Å². The monoisotopic (exact) mass is 371 g/mol. The Kier molecular flexibility index (Phi) is 5.38. The Balaban J connectivity index is 1.67. The van der Waals surface area contributed by atoms with E-state index in [-0.39, 0.29) is 23.7 Å². The number of methoxy groups -OCH3 is 2. The molecule has 1 aromatic heterocycles. The number of rotatable bonds is 6. The summed E-state index contributed by atoms with van der Waals surface area (Å²) >= 11 is 1.46. The molecule has 0 spiro atoms. The number of phenolic OH excluding ortho intramolecular Hbond substituents is 1. The first-order chi connectivity index (χ1) is 12.6. The van der Waals surface area contributed by atoms with E-state index >= 15 is 0 Å². The molecular formula is C19H17NO5S. The molecule has 3 aromatic rings. The summed E-state index contributed by atoms with van der Waals surface area (Å²) in [4.78, 5) is 16.6. The summed E-state index contributed by atoms with van der Waals surface area (Å²) in [5.41, 5.74) is 1.64. The van der Waals surface area contributed by atoms with Crippen LogP contribution in [-0.2, 0) is 11.3 Å². The maximum atomic E-state index is 12.2. The van der Waals surface area contributed by atoms with Gasteiger partial charge in [-0.25, -0.2) is 9.78 Å². The second-order valence-electron chi connectivity index (χ2n) is 5.31. The highest BCUT2D eigenvalue weighted by molar-refractivity contribution is 7.13. The number of hydrogen-bond acceptors (Lipinski definition) is 7. The molecule has 0 radical (unpaired) electrons. The lowest BCUT2D eigenvalue weighted by atomic mass is 10.2. The van der Waals surface area contributed by atoms with Crippen molar-refractivity contribution in [2.75, 3.05) is 14.2 Å². The molecule has 0 fully saturated rings. The van der Waals surface area contributed by atoms with Gasteiger partial charge in [0.2, 0.25) is 0 Å². The van der Waals surface area contributed by atoms with Gasteiger partial charge in [0.05, 0.1) is 19.9 Å². The van der Waals surface area contributed by atoms with Crippen molar-refractivity contribution in [3.05, 3.63) is 59.1 Å². The zero-order chi connectivity index (χ0) is 18.5. The maximum Gasteiger partial charge on any atom is 0.342 e. The topological polar surface area (TPSA) is 77.9 Å². The zero-order valence-corrected chi connectivity index (χ0v) is 15.1. The minimum Gasteiger partial charge on any atom is -0.504 e. The number of aromatic nitrogens is 1. The molecule has 0 amide bonds. The number of benzene rings is 2. The van der Waals surface area contributed by atoms with Gasteiger partial charge in [0, 0.05) is 10.9 Å². The number of carbonyl (C=O) groups is 1. The number of aromatic hydroxyl groups is 1. The summed E-state index contributed by atoms with van der Waals surface area (Å²) in [5, 5.41) is 12.7. The second kappa shape index (κ2) is 7.88. The van der Waals surface area contributed by atoms with Gasteiger partial charge in [-0.2, -0.15) is 0 Å². The molecule has 0 atom stereocenters. The average molecular weight is 371 g/mol. The summed E-state index contributed by atoms with van der Waals surface area (Å²) in [6.45, 7) is 0.0160. The van der Waals surface area contributed by atoms with Crippen LogP contribution in [0.1, 0.15) is 16.1 Å². The first-order valence-corrected chi connectivity index (χ1v) is 8.62. The highest BCUT2D eigenvalue weighted by atomic mass is 32.1. The molecule has 1 N–H and O–H groups in total.